The zero-order valence-electron chi connectivity index (χ0n) is 15.2. The van der Waals surface area contributed by atoms with Crippen molar-refractivity contribution in [3.8, 4) is 11.1 Å². The lowest BCUT2D eigenvalue weighted by Gasteiger charge is -2.17. The van der Waals surface area contributed by atoms with Crippen molar-refractivity contribution in [2.75, 3.05) is 5.73 Å². The number of halogens is 1. The predicted molar refractivity (Wildman–Crippen MR) is 115 cm³/mol. The van der Waals surface area contributed by atoms with Gasteiger partial charge >= 0.3 is 0 Å². The van der Waals surface area contributed by atoms with Gasteiger partial charge in [0.15, 0.2) is 0 Å². The first-order valence-electron chi connectivity index (χ1n) is 8.86. The average Bonchev–Trinajstić information content (AvgIpc) is 2.73. The molecule has 4 aromatic rings. The second kappa shape index (κ2) is 7.41. The Balaban J connectivity index is 2.05. The number of nitro groups is 1. The quantitative estimate of drug-likeness (QED) is 0.387. The van der Waals surface area contributed by atoms with Gasteiger partial charge in [0.1, 0.15) is 5.82 Å². The summed E-state index contributed by atoms with van der Waals surface area (Å²) in [5, 5.41) is 12.6. The van der Waals surface area contributed by atoms with Crippen LogP contribution in [0.3, 0.4) is 0 Å². The molecule has 29 heavy (non-hydrogen) atoms. The highest BCUT2D eigenvalue weighted by atomic mass is 35.5. The predicted octanol–water partition coefficient (Wildman–Crippen LogP) is 4.86. The molecule has 0 unspecified atom stereocenters. The number of fused-ring (bicyclic) bond motifs is 1. The van der Waals surface area contributed by atoms with E-state index < -0.39 is 4.92 Å². The normalized spacial score (nSPS) is 10.9. The fraction of sp³-hybridized carbons (Fsp3) is 0.0455. The van der Waals surface area contributed by atoms with E-state index in [9.17, 15) is 14.9 Å². The highest BCUT2D eigenvalue weighted by Crippen LogP contribution is 2.34. The molecule has 0 aliphatic carbocycles. The number of non-ortho nitro benzene ring substituents is 1. The van der Waals surface area contributed by atoms with Crippen LogP contribution in [0.15, 0.2) is 77.6 Å². The van der Waals surface area contributed by atoms with Gasteiger partial charge in [-0.3, -0.25) is 19.5 Å². The van der Waals surface area contributed by atoms with E-state index in [0.717, 1.165) is 11.1 Å². The highest BCUT2D eigenvalue weighted by Gasteiger charge is 2.19. The first kappa shape index (κ1) is 18.7. The number of nitrogens with two attached hydrogens (primary N) is 1. The van der Waals surface area contributed by atoms with E-state index in [1.807, 2.05) is 42.5 Å². The Morgan fingerprint density at radius 1 is 0.966 bits per heavy atom. The van der Waals surface area contributed by atoms with Crippen molar-refractivity contribution in [2.24, 2.45) is 0 Å². The van der Waals surface area contributed by atoms with Crippen molar-refractivity contribution >= 4 is 33.9 Å². The van der Waals surface area contributed by atoms with Gasteiger partial charge in [-0.25, -0.2) is 0 Å². The standard InChI is InChI=1S/C22H16ClN3O3/c23-16-8-6-15(7-9-16)20-18-11-10-17(26(28)29)12-19(18)22(27)25(21(20)24)13-14-4-2-1-3-5-14/h1-12H,13,24H2. The van der Waals surface area contributed by atoms with Gasteiger partial charge in [0.25, 0.3) is 11.2 Å². The van der Waals surface area contributed by atoms with Crippen LogP contribution in [-0.4, -0.2) is 9.49 Å². The summed E-state index contributed by atoms with van der Waals surface area (Å²) in [6.45, 7) is 0.255. The zero-order chi connectivity index (χ0) is 20.5. The Hall–Kier alpha value is -3.64. The maximum absolute atomic E-state index is 13.2. The lowest BCUT2D eigenvalue weighted by atomic mass is 9.98. The van der Waals surface area contributed by atoms with E-state index in [2.05, 4.69) is 0 Å². The number of benzene rings is 3. The molecular weight excluding hydrogens is 390 g/mol. The Bertz CT molecular complexity index is 1280. The summed E-state index contributed by atoms with van der Waals surface area (Å²) in [6, 6.07) is 20.8. The van der Waals surface area contributed by atoms with Crippen LogP contribution in [0.25, 0.3) is 21.9 Å². The minimum absolute atomic E-state index is 0.146. The smallest absolute Gasteiger partial charge is 0.270 e. The van der Waals surface area contributed by atoms with Crippen molar-refractivity contribution in [1.82, 2.24) is 4.57 Å². The maximum Gasteiger partial charge on any atom is 0.270 e. The van der Waals surface area contributed by atoms with Gasteiger partial charge in [-0.1, -0.05) is 54.1 Å². The molecule has 0 radical (unpaired) electrons. The van der Waals surface area contributed by atoms with Crippen LogP contribution < -0.4 is 11.3 Å². The van der Waals surface area contributed by atoms with Crippen LogP contribution in [0.4, 0.5) is 11.5 Å². The van der Waals surface area contributed by atoms with E-state index in [1.54, 1.807) is 18.2 Å². The average molecular weight is 406 g/mol. The molecule has 4 rings (SSSR count). The first-order valence-corrected chi connectivity index (χ1v) is 9.24. The van der Waals surface area contributed by atoms with Gasteiger partial charge in [-0.15, -0.1) is 0 Å². The fourth-order valence-corrected chi connectivity index (χ4v) is 3.54. The molecule has 2 N–H and O–H groups in total. The summed E-state index contributed by atoms with van der Waals surface area (Å²) in [6.07, 6.45) is 0. The fourth-order valence-electron chi connectivity index (χ4n) is 3.41. The third-order valence-electron chi connectivity index (χ3n) is 4.82. The van der Waals surface area contributed by atoms with Crippen LogP contribution in [0.2, 0.25) is 5.02 Å². The van der Waals surface area contributed by atoms with Gasteiger partial charge in [0, 0.05) is 22.7 Å². The van der Waals surface area contributed by atoms with Gasteiger partial charge in [-0.2, -0.15) is 0 Å². The second-order valence-electron chi connectivity index (χ2n) is 6.63. The van der Waals surface area contributed by atoms with Crippen molar-refractivity contribution in [1.29, 1.82) is 0 Å². The highest BCUT2D eigenvalue weighted by molar-refractivity contribution is 6.30. The molecule has 7 heteroatoms. The lowest BCUT2D eigenvalue weighted by molar-refractivity contribution is -0.384. The summed E-state index contributed by atoms with van der Waals surface area (Å²) < 4.78 is 1.45. The molecule has 1 heterocycles. The molecule has 0 saturated carbocycles. The van der Waals surface area contributed by atoms with Gasteiger partial charge < -0.3 is 5.73 Å². The molecular formula is C22H16ClN3O3. The summed E-state index contributed by atoms with van der Waals surface area (Å²) >= 11 is 6.02. The van der Waals surface area contributed by atoms with E-state index in [1.165, 1.54) is 16.7 Å². The number of nitrogens with zero attached hydrogens (tertiary/aromatic N) is 2. The molecule has 0 fully saturated rings. The number of rotatable bonds is 4. The zero-order valence-corrected chi connectivity index (χ0v) is 16.0. The SMILES string of the molecule is Nc1c(-c2ccc(Cl)cc2)c2ccc([N+](=O)[O-])cc2c(=O)n1Cc1ccccc1. The Labute approximate surface area is 170 Å². The van der Waals surface area contributed by atoms with Crippen molar-refractivity contribution < 1.29 is 4.92 Å². The summed E-state index contributed by atoms with van der Waals surface area (Å²) in [5.74, 6) is 0.294. The van der Waals surface area contributed by atoms with Crippen molar-refractivity contribution in [2.45, 2.75) is 6.54 Å². The number of pyridine rings is 1. The minimum Gasteiger partial charge on any atom is -0.384 e. The summed E-state index contributed by atoms with van der Waals surface area (Å²) in [5.41, 5.74) is 8.25. The molecule has 0 aliphatic rings. The van der Waals surface area contributed by atoms with Crippen LogP contribution in [-0.2, 0) is 6.54 Å². The molecule has 144 valence electrons. The Kier molecular flexibility index (Phi) is 4.78. The van der Waals surface area contributed by atoms with E-state index in [4.69, 9.17) is 17.3 Å². The number of aromatic nitrogens is 1. The number of hydrogen-bond acceptors (Lipinski definition) is 4. The van der Waals surface area contributed by atoms with Gasteiger partial charge in [-0.05, 0) is 34.7 Å². The molecule has 0 atom stereocenters. The Morgan fingerprint density at radius 2 is 1.66 bits per heavy atom. The molecule has 0 amide bonds. The van der Waals surface area contributed by atoms with E-state index in [-0.39, 0.29) is 23.2 Å². The largest absolute Gasteiger partial charge is 0.384 e. The topological polar surface area (TPSA) is 91.2 Å². The lowest BCUT2D eigenvalue weighted by Crippen LogP contribution is -2.24. The molecule has 6 nitrogen and oxygen atoms in total. The number of nitro benzene ring substituents is 1. The van der Waals surface area contributed by atoms with Crippen LogP contribution >= 0.6 is 11.6 Å². The van der Waals surface area contributed by atoms with Crippen LogP contribution in [0, 0.1) is 10.1 Å². The monoisotopic (exact) mass is 405 g/mol. The van der Waals surface area contributed by atoms with Crippen molar-refractivity contribution in [3.63, 3.8) is 0 Å². The van der Waals surface area contributed by atoms with Crippen LogP contribution in [0.5, 0.6) is 0 Å². The second-order valence-corrected chi connectivity index (χ2v) is 7.07. The maximum atomic E-state index is 13.2. The molecule has 3 aromatic carbocycles. The Morgan fingerprint density at radius 3 is 2.31 bits per heavy atom. The summed E-state index contributed by atoms with van der Waals surface area (Å²) in [7, 11) is 0. The van der Waals surface area contributed by atoms with Gasteiger partial charge in [0.05, 0.1) is 16.9 Å². The molecule has 0 saturated heterocycles. The number of hydrogen-bond donors (Lipinski definition) is 1. The van der Waals surface area contributed by atoms with E-state index in [0.29, 0.717) is 21.8 Å². The molecule has 0 aliphatic heterocycles. The number of nitrogen functional groups attached to an aromatic ring is 1. The van der Waals surface area contributed by atoms with Crippen molar-refractivity contribution in [3.05, 3.63) is 104 Å². The minimum atomic E-state index is -0.515. The van der Waals surface area contributed by atoms with Crippen LogP contribution in [0.1, 0.15) is 5.56 Å². The molecule has 0 spiro atoms. The summed E-state index contributed by atoms with van der Waals surface area (Å²) in [4.78, 5) is 23.9. The van der Waals surface area contributed by atoms with Gasteiger partial charge in [0.2, 0.25) is 0 Å². The first-order chi connectivity index (χ1) is 14.0. The molecule has 0 bridgehead atoms. The third-order valence-corrected chi connectivity index (χ3v) is 5.07. The number of anilines is 1. The third kappa shape index (κ3) is 3.46. The molecule has 1 aromatic heterocycles. The van der Waals surface area contributed by atoms with E-state index >= 15 is 0 Å².